The molecule has 118 valence electrons. The number of carbonyl (C=O) groups is 2. The molecule has 7 nitrogen and oxygen atoms in total. The Hall–Kier alpha value is -2.22. The largest absolute Gasteiger partial charge is 0.476 e. The number of carboxylic acids is 1. The average Bonchev–Trinajstić information content (AvgIpc) is 3.06. The van der Waals surface area contributed by atoms with E-state index in [1.807, 2.05) is 20.8 Å². The quantitative estimate of drug-likeness (QED) is 0.841. The third-order valence-electron chi connectivity index (χ3n) is 3.32. The smallest absolute Gasteiger partial charge is 0.355 e. The van der Waals surface area contributed by atoms with Gasteiger partial charge in [0.05, 0.1) is 12.2 Å². The molecule has 0 bridgehead atoms. The molecule has 22 heavy (non-hydrogen) atoms. The van der Waals surface area contributed by atoms with E-state index in [2.05, 4.69) is 15.5 Å². The van der Waals surface area contributed by atoms with Gasteiger partial charge in [0.15, 0.2) is 5.69 Å². The number of nitrogens with one attached hydrogen (secondary N) is 1. The van der Waals surface area contributed by atoms with E-state index in [1.54, 1.807) is 0 Å². The second-order valence-corrected chi connectivity index (χ2v) is 6.00. The standard InChI is InChI=1S/C14H17N3O4S/c1-7(4-10-8(2)17-21-9(10)3)13(18)15-5-12-16-11(6-22-12)14(19)20/h6-7H,4-5H2,1-3H3,(H,15,18)(H,19,20). The number of aromatic carboxylic acids is 1. The van der Waals surface area contributed by atoms with Crippen LogP contribution in [0.2, 0.25) is 0 Å². The van der Waals surface area contributed by atoms with E-state index in [9.17, 15) is 9.59 Å². The molecule has 0 aliphatic rings. The first-order valence-corrected chi connectivity index (χ1v) is 7.63. The van der Waals surface area contributed by atoms with Crippen molar-refractivity contribution in [1.29, 1.82) is 0 Å². The number of rotatable bonds is 6. The fraction of sp³-hybridized carbons (Fsp3) is 0.429. The van der Waals surface area contributed by atoms with Crippen LogP contribution in [0, 0.1) is 19.8 Å². The molecule has 2 heterocycles. The summed E-state index contributed by atoms with van der Waals surface area (Å²) >= 11 is 1.21. The summed E-state index contributed by atoms with van der Waals surface area (Å²) < 4.78 is 5.08. The molecule has 0 aromatic carbocycles. The van der Waals surface area contributed by atoms with Gasteiger partial charge >= 0.3 is 5.97 Å². The average molecular weight is 323 g/mol. The summed E-state index contributed by atoms with van der Waals surface area (Å²) in [5.41, 5.74) is 1.74. The topological polar surface area (TPSA) is 105 Å². The van der Waals surface area contributed by atoms with E-state index in [4.69, 9.17) is 9.63 Å². The first kappa shape index (κ1) is 16.2. The van der Waals surface area contributed by atoms with E-state index in [0.29, 0.717) is 11.4 Å². The summed E-state index contributed by atoms with van der Waals surface area (Å²) in [6, 6.07) is 0. The van der Waals surface area contributed by atoms with Gasteiger partial charge in [0.1, 0.15) is 10.8 Å². The minimum absolute atomic E-state index is 0.00183. The summed E-state index contributed by atoms with van der Waals surface area (Å²) in [5.74, 6) is -0.702. The van der Waals surface area contributed by atoms with E-state index >= 15 is 0 Å². The zero-order chi connectivity index (χ0) is 16.3. The number of carbonyl (C=O) groups excluding carboxylic acids is 1. The van der Waals surface area contributed by atoms with Crippen molar-refractivity contribution >= 4 is 23.2 Å². The third kappa shape index (κ3) is 3.70. The highest BCUT2D eigenvalue weighted by atomic mass is 32.1. The van der Waals surface area contributed by atoms with E-state index in [0.717, 1.165) is 17.0 Å². The predicted octanol–water partition coefficient (Wildman–Crippen LogP) is 1.94. The second-order valence-electron chi connectivity index (χ2n) is 5.06. The second kappa shape index (κ2) is 6.69. The first-order valence-electron chi connectivity index (χ1n) is 6.75. The van der Waals surface area contributed by atoms with Gasteiger partial charge in [0.25, 0.3) is 0 Å². The molecule has 2 N–H and O–H groups in total. The zero-order valence-electron chi connectivity index (χ0n) is 12.5. The highest BCUT2D eigenvalue weighted by molar-refractivity contribution is 7.09. The molecule has 0 saturated carbocycles. The van der Waals surface area contributed by atoms with Crippen LogP contribution >= 0.6 is 11.3 Å². The van der Waals surface area contributed by atoms with Crippen LogP contribution in [0.15, 0.2) is 9.90 Å². The van der Waals surface area contributed by atoms with Gasteiger partial charge in [0.2, 0.25) is 5.91 Å². The Morgan fingerprint density at radius 1 is 1.45 bits per heavy atom. The van der Waals surface area contributed by atoms with Gasteiger partial charge in [-0.15, -0.1) is 11.3 Å². The van der Waals surface area contributed by atoms with Crippen LogP contribution in [0.1, 0.15) is 39.4 Å². The Morgan fingerprint density at radius 3 is 2.73 bits per heavy atom. The number of hydrogen-bond donors (Lipinski definition) is 2. The summed E-state index contributed by atoms with van der Waals surface area (Å²) in [5, 5.41) is 17.5. The van der Waals surface area contributed by atoms with Gasteiger partial charge in [-0.25, -0.2) is 9.78 Å². The lowest BCUT2D eigenvalue weighted by Crippen LogP contribution is -2.30. The summed E-state index contributed by atoms with van der Waals surface area (Å²) in [4.78, 5) is 26.8. The van der Waals surface area contributed by atoms with Crippen molar-refractivity contribution < 1.29 is 19.2 Å². The molecule has 0 spiro atoms. The van der Waals surface area contributed by atoms with Crippen LogP contribution in [0.25, 0.3) is 0 Å². The monoisotopic (exact) mass is 323 g/mol. The molecular formula is C14H17N3O4S. The fourth-order valence-corrected chi connectivity index (χ4v) is 2.73. The Balaban J connectivity index is 1.90. The maximum absolute atomic E-state index is 12.1. The van der Waals surface area contributed by atoms with Gasteiger partial charge in [-0.3, -0.25) is 4.79 Å². The minimum Gasteiger partial charge on any atom is -0.476 e. The maximum atomic E-state index is 12.1. The summed E-state index contributed by atoms with van der Waals surface area (Å²) in [7, 11) is 0. The van der Waals surface area contributed by atoms with Gasteiger partial charge in [0, 0.05) is 16.9 Å². The number of carboxylic acid groups (broad SMARTS) is 1. The maximum Gasteiger partial charge on any atom is 0.355 e. The van der Waals surface area contributed by atoms with Crippen molar-refractivity contribution in [3.63, 3.8) is 0 Å². The Kier molecular flexibility index (Phi) is 4.92. The van der Waals surface area contributed by atoms with Crippen LogP contribution < -0.4 is 5.32 Å². The highest BCUT2D eigenvalue weighted by Crippen LogP contribution is 2.17. The first-order chi connectivity index (χ1) is 10.4. The normalized spacial score (nSPS) is 12.1. The number of amides is 1. The lowest BCUT2D eigenvalue weighted by atomic mass is 9.99. The molecule has 0 saturated heterocycles. The van der Waals surface area contributed by atoms with Gasteiger partial charge in [-0.1, -0.05) is 12.1 Å². The van der Waals surface area contributed by atoms with Crippen molar-refractivity contribution in [3.8, 4) is 0 Å². The molecular weight excluding hydrogens is 306 g/mol. The Morgan fingerprint density at radius 2 is 2.18 bits per heavy atom. The molecule has 8 heteroatoms. The van der Waals surface area contributed by atoms with Crippen molar-refractivity contribution in [3.05, 3.63) is 33.1 Å². The number of nitrogens with zero attached hydrogens (tertiary/aromatic N) is 2. The van der Waals surface area contributed by atoms with Gasteiger partial charge in [-0.2, -0.15) is 0 Å². The SMILES string of the molecule is Cc1noc(C)c1CC(C)C(=O)NCc1nc(C(=O)O)cs1. The fourth-order valence-electron chi connectivity index (χ4n) is 2.02. The molecule has 0 aliphatic carbocycles. The van der Waals surface area contributed by atoms with Crippen LogP contribution in [-0.4, -0.2) is 27.1 Å². The van der Waals surface area contributed by atoms with Gasteiger partial charge in [-0.05, 0) is 20.3 Å². The third-order valence-corrected chi connectivity index (χ3v) is 4.17. The lowest BCUT2D eigenvalue weighted by molar-refractivity contribution is -0.124. The van der Waals surface area contributed by atoms with E-state index in [-0.39, 0.29) is 24.1 Å². The van der Waals surface area contributed by atoms with Crippen molar-refractivity contribution in [2.75, 3.05) is 0 Å². The molecule has 2 rings (SSSR count). The molecule has 1 atom stereocenters. The summed E-state index contributed by atoms with van der Waals surface area (Å²) in [6.07, 6.45) is 0.547. The number of aromatic nitrogens is 2. The Bertz CT molecular complexity index is 673. The van der Waals surface area contributed by atoms with Gasteiger partial charge < -0.3 is 14.9 Å². The number of hydrogen-bond acceptors (Lipinski definition) is 6. The predicted molar refractivity (Wildman–Crippen MR) is 79.8 cm³/mol. The molecule has 0 fully saturated rings. The van der Waals surface area contributed by atoms with Crippen LogP contribution in [0.4, 0.5) is 0 Å². The van der Waals surface area contributed by atoms with Crippen LogP contribution in [-0.2, 0) is 17.8 Å². The minimum atomic E-state index is -1.07. The molecule has 2 aromatic heterocycles. The molecule has 0 aliphatic heterocycles. The van der Waals surface area contributed by atoms with Crippen molar-refractivity contribution in [1.82, 2.24) is 15.5 Å². The summed E-state index contributed by atoms with van der Waals surface area (Å²) in [6.45, 7) is 5.72. The zero-order valence-corrected chi connectivity index (χ0v) is 13.4. The van der Waals surface area contributed by atoms with E-state index < -0.39 is 5.97 Å². The molecule has 0 radical (unpaired) electrons. The molecule has 1 unspecified atom stereocenters. The van der Waals surface area contributed by atoms with E-state index in [1.165, 1.54) is 16.7 Å². The molecule has 1 amide bonds. The highest BCUT2D eigenvalue weighted by Gasteiger charge is 2.19. The van der Waals surface area contributed by atoms with Crippen molar-refractivity contribution in [2.24, 2.45) is 5.92 Å². The van der Waals surface area contributed by atoms with Crippen molar-refractivity contribution in [2.45, 2.75) is 33.7 Å². The van der Waals surface area contributed by atoms with Crippen LogP contribution in [0.5, 0.6) is 0 Å². The number of thiazole rings is 1. The van der Waals surface area contributed by atoms with Crippen LogP contribution in [0.3, 0.4) is 0 Å². The molecule has 2 aromatic rings. The lowest BCUT2D eigenvalue weighted by Gasteiger charge is -2.11. The number of aryl methyl sites for hydroxylation is 2. The Labute approximate surface area is 131 Å².